The molecular weight excluding hydrogens is 380 g/mol. The number of thioether (sulfide) groups is 1. The number of rotatable bonds is 8. The smallest absolute Gasteiger partial charge is 0.259 e. The number of nitrogens with two attached hydrogens (primary N) is 1. The van der Waals surface area contributed by atoms with E-state index in [-0.39, 0.29) is 29.1 Å². The summed E-state index contributed by atoms with van der Waals surface area (Å²) >= 11 is 3.00. The first-order valence-electron chi connectivity index (χ1n) is 8.02. The number of carbonyl (C=O) groups excluding carboxylic acids is 1. The molecule has 0 saturated carbocycles. The van der Waals surface area contributed by atoms with E-state index in [1.807, 2.05) is 20.8 Å². The molecule has 1 unspecified atom stereocenters. The van der Waals surface area contributed by atoms with Gasteiger partial charge in [0.1, 0.15) is 10.7 Å². The van der Waals surface area contributed by atoms with Gasteiger partial charge in [0, 0.05) is 11.4 Å². The molecule has 2 rings (SSSR count). The molecule has 0 saturated heterocycles. The predicted octanol–water partition coefficient (Wildman–Crippen LogP) is 2.50. The lowest BCUT2D eigenvalue weighted by atomic mass is 10.2. The minimum atomic E-state index is -0.198. The molecule has 2 aromatic heterocycles. The number of aromatic amines is 1. The van der Waals surface area contributed by atoms with Crippen molar-refractivity contribution in [3.05, 3.63) is 26.6 Å². The number of halogens is 1. The quantitative estimate of drug-likeness (QED) is 0.587. The van der Waals surface area contributed by atoms with Crippen LogP contribution in [0.25, 0.3) is 10.2 Å². The molecule has 140 valence electrons. The first kappa shape index (κ1) is 22.0. The summed E-state index contributed by atoms with van der Waals surface area (Å²) in [5.74, 6) is 1.11. The zero-order chi connectivity index (χ0) is 17.7. The largest absolute Gasteiger partial charge is 0.355 e. The van der Waals surface area contributed by atoms with E-state index in [4.69, 9.17) is 5.73 Å². The highest BCUT2D eigenvalue weighted by Gasteiger charge is 2.15. The van der Waals surface area contributed by atoms with Crippen LogP contribution in [0.4, 0.5) is 0 Å². The summed E-state index contributed by atoms with van der Waals surface area (Å²) in [5, 5.41) is 3.38. The zero-order valence-corrected chi connectivity index (χ0v) is 17.1. The van der Waals surface area contributed by atoms with Crippen molar-refractivity contribution in [1.82, 2.24) is 15.3 Å². The summed E-state index contributed by atoms with van der Waals surface area (Å²) in [6, 6.07) is 0. The monoisotopic (exact) mass is 404 g/mol. The molecular formula is C16H25ClN4O2S2. The number of nitrogens with zero attached hydrogens (tertiary/aromatic N) is 1. The van der Waals surface area contributed by atoms with Gasteiger partial charge in [0.05, 0.1) is 16.4 Å². The summed E-state index contributed by atoms with van der Waals surface area (Å²) in [4.78, 5) is 33.5. The number of nitrogens with one attached hydrogen (secondary N) is 2. The van der Waals surface area contributed by atoms with E-state index in [0.717, 1.165) is 28.1 Å². The summed E-state index contributed by atoms with van der Waals surface area (Å²) in [7, 11) is 0. The van der Waals surface area contributed by atoms with E-state index in [2.05, 4.69) is 15.3 Å². The van der Waals surface area contributed by atoms with Gasteiger partial charge in [0.2, 0.25) is 5.91 Å². The Morgan fingerprint density at radius 1 is 1.40 bits per heavy atom. The molecule has 2 heterocycles. The second-order valence-electron chi connectivity index (χ2n) is 5.72. The van der Waals surface area contributed by atoms with Crippen LogP contribution in [-0.2, 0) is 10.5 Å². The van der Waals surface area contributed by atoms with Crippen molar-refractivity contribution < 1.29 is 4.79 Å². The molecule has 4 N–H and O–H groups in total. The van der Waals surface area contributed by atoms with Gasteiger partial charge in [-0.2, -0.15) is 0 Å². The van der Waals surface area contributed by atoms with E-state index in [9.17, 15) is 9.59 Å². The van der Waals surface area contributed by atoms with Crippen LogP contribution >= 0.6 is 35.5 Å². The third-order valence-electron chi connectivity index (χ3n) is 3.86. The Labute approximate surface area is 161 Å². The van der Waals surface area contributed by atoms with Crippen molar-refractivity contribution in [2.45, 2.75) is 44.6 Å². The lowest BCUT2D eigenvalue weighted by Gasteiger charge is -2.11. The number of amides is 1. The molecule has 9 heteroatoms. The van der Waals surface area contributed by atoms with Crippen molar-refractivity contribution in [1.29, 1.82) is 0 Å². The van der Waals surface area contributed by atoms with Gasteiger partial charge in [-0.1, -0.05) is 0 Å². The van der Waals surface area contributed by atoms with Crippen molar-refractivity contribution >= 4 is 51.6 Å². The SMILES string of the molecule is Cc1sc2nc(CSC(C)C(=O)NCCCCN)[nH]c(=O)c2c1C.Cl. The fraction of sp³-hybridized carbons (Fsp3) is 0.562. The molecule has 6 nitrogen and oxygen atoms in total. The summed E-state index contributed by atoms with van der Waals surface area (Å²) in [6.07, 6.45) is 1.80. The standard InChI is InChI=1S/C16H24N4O2S2.ClH/c1-9-10(2)24-16-13(9)15(22)19-12(20-16)8-23-11(3)14(21)18-7-5-4-6-17;/h11H,4-8,17H2,1-3H3,(H,18,21)(H,19,20,22);1H. The van der Waals surface area contributed by atoms with Gasteiger partial charge < -0.3 is 16.0 Å². The van der Waals surface area contributed by atoms with E-state index in [0.29, 0.717) is 30.1 Å². The van der Waals surface area contributed by atoms with E-state index in [1.165, 1.54) is 23.1 Å². The Bertz CT molecular complexity index is 775. The fourth-order valence-corrected chi connectivity index (χ4v) is 4.10. The van der Waals surface area contributed by atoms with Crippen molar-refractivity contribution in [3.8, 4) is 0 Å². The topological polar surface area (TPSA) is 101 Å². The second-order valence-corrected chi connectivity index (χ2v) is 8.25. The number of aryl methyl sites for hydroxylation is 2. The average Bonchev–Trinajstić information content (AvgIpc) is 2.84. The van der Waals surface area contributed by atoms with Gasteiger partial charge in [-0.3, -0.25) is 9.59 Å². The minimum Gasteiger partial charge on any atom is -0.355 e. The number of carbonyl (C=O) groups is 1. The van der Waals surface area contributed by atoms with Crippen LogP contribution in [-0.4, -0.2) is 34.2 Å². The maximum Gasteiger partial charge on any atom is 0.259 e. The third-order valence-corrected chi connectivity index (χ3v) is 6.11. The molecule has 2 aromatic rings. The molecule has 25 heavy (non-hydrogen) atoms. The third kappa shape index (κ3) is 5.70. The number of fused-ring (bicyclic) bond motifs is 1. The number of unbranched alkanes of at least 4 members (excludes halogenated alkanes) is 1. The molecule has 0 aliphatic rings. The summed E-state index contributed by atoms with van der Waals surface area (Å²) < 4.78 is 0. The van der Waals surface area contributed by atoms with Gasteiger partial charge >= 0.3 is 0 Å². The predicted molar refractivity (Wildman–Crippen MR) is 109 cm³/mol. The highest BCUT2D eigenvalue weighted by molar-refractivity contribution is 7.99. The molecule has 0 aliphatic carbocycles. The van der Waals surface area contributed by atoms with E-state index < -0.39 is 0 Å². The molecule has 1 atom stereocenters. The number of thiophene rings is 1. The van der Waals surface area contributed by atoms with Crippen molar-refractivity contribution in [2.24, 2.45) is 5.73 Å². The number of aromatic nitrogens is 2. The highest BCUT2D eigenvalue weighted by Crippen LogP contribution is 2.26. The first-order valence-corrected chi connectivity index (χ1v) is 9.88. The van der Waals surface area contributed by atoms with Crippen LogP contribution in [0.3, 0.4) is 0 Å². The molecule has 0 spiro atoms. The van der Waals surface area contributed by atoms with Gasteiger partial charge in [-0.15, -0.1) is 35.5 Å². The number of hydrogen-bond acceptors (Lipinski definition) is 6. The minimum absolute atomic E-state index is 0. The summed E-state index contributed by atoms with van der Waals surface area (Å²) in [5.41, 5.74) is 6.32. The van der Waals surface area contributed by atoms with Crippen LogP contribution < -0.4 is 16.6 Å². The molecule has 0 aliphatic heterocycles. The highest BCUT2D eigenvalue weighted by atomic mass is 35.5. The van der Waals surface area contributed by atoms with Crippen LogP contribution in [0.15, 0.2) is 4.79 Å². The number of H-pyrrole nitrogens is 1. The number of hydrogen-bond donors (Lipinski definition) is 3. The van der Waals surface area contributed by atoms with Gasteiger partial charge in [-0.05, 0) is 45.7 Å². The van der Waals surface area contributed by atoms with Crippen molar-refractivity contribution in [2.75, 3.05) is 13.1 Å². The van der Waals surface area contributed by atoms with Crippen LogP contribution in [0.2, 0.25) is 0 Å². The lowest BCUT2D eigenvalue weighted by molar-refractivity contribution is -0.120. The zero-order valence-electron chi connectivity index (χ0n) is 14.7. The Hall–Kier alpha value is -1.09. The van der Waals surface area contributed by atoms with Gasteiger partial charge in [-0.25, -0.2) is 4.98 Å². The Morgan fingerprint density at radius 2 is 2.12 bits per heavy atom. The maximum absolute atomic E-state index is 12.2. The second kappa shape index (κ2) is 10.2. The van der Waals surface area contributed by atoms with Gasteiger partial charge in [0.25, 0.3) is 5.56 Å². The van der Waals surface area contributed by atoms with Gasteiger partial charge in [0.15, 0.2) is 0 Å². The lowest BCUT2D eigenvalue weighted by Crippen LogP contribution is -2.32. The van der Waals surface area contributed by atoms with Crippen molar-refractivity contribution in [3.63, 3.8) is 0 Å². The Morgan fingerprint density at radius 3 is 2.80 bits per heavy atom. The summed E-state index contributed by atoms with van der Waals surface area (Å²) in [6.45, 7) is 7.08. The fourth-order valence-electron chi connectivity index (χ4n) is 2.27. The van der Waals surface area contributed by atoms with Crippen LogP contribution in [0, 0.1) is 13.8 Å². The molecule has 0 aromatic carbocycles. The average molecular weight is 405 g/mol. The normalized spacial score (nSPS) is 12.0. The maximum atomic E-state index is 12.2. The molecule has 0 radical (unpaired) electrons. The van der Waals surface area contributed by atoms with Crippen LogP contribution in [0.1, 0.15) is 36.0 Å². The van der Waals surface area contributed by atoms with Crippen LogP contribution in [0.5, 0.6) is 0 Å². The first-order chi connectivity index (χ1) is 11.4. The Kier molecular flexibility index (Phi) is 8.92. The van der Waals surface area contributed by atoms with E-state index in [1.54, 1.807) is 0 Å². The molecule has 0 bridgehead atoms. The Balaban J connectivity index is 0.00000312. The molecule has 1 amide bonds. The molecule has 0 fully saturated rings. The van der Waals surface area contributed by atoms with E-state index >= 15 is 0 Å².